The van der Waals surface area contributed by atoms with Gasteiger partial charge in [-0.15, -0.1) is 0 Å². The van der Waals surface area contributed by atoms with E-state index in [1.807, 2.05) is 42.3 Å². The van der Waals surface area contributed by atoms with Crippen molar-refractivity contribution in [2.24, 2.45) is 0 Å². The highest BCUT2D eigenvalue weighted by atomic mass is 35.5. The molecule has 0 spiro atoms. The fourth-order valence-corrected chi connectivity index (χ4v) is 3.07. The number of ether oxygens (including phenoxy) is 1. The maximum absolute atomic E-state index is 12.6. The number of H-pyrrole nitrogens is 1. The molecule has 3 rings (SSSR count). The number of rotatable bonds is 4. The molecule has 0 bridgehead atoms. The van der Waals surface area contributed by atoms with Gasteiger partial charge < -0.3 is 9.64 Å². The molecule has 1 atom stereocenters. The number of hydrogen-bond donors (Lipinski definition) is 0. The van der Waals surface area contributed by atoms with Crippen molar-refractivity contribution in [3.05, 3.63) is 53.2 Å². The van der Waals surface area contributed by atoms with Gasteiger partial charge >= 0.3 is 0 Å². The second-order valence-corrected chi connectivity index (χ2v) is 6.64. The molecule has 0 unspecified atom stereocenters. The summed E-state index contributed by atoms with van der Waals surface area (Å²) in [5.74, 6) is 1.76. The van der Waals surface area contributed by atoms with Crippen LogP contribution in [0.4, 0.5) is 5.82 Å². The van der Waals surface area contributed by atoms with E-state index < -0.39 is 6.10 Å². The molecule has 132 valence electrons. The number of hydrogen-bond acceptors (Lipinski definition) is 3. The smallest absolute Gasteiger partial charge is 0.274 e. The van der Waals surface area contributed by atoms with Crippen LogP contribution in [0, 0.1) is 6.92 Å². The molecule has 2 aromatic rings. The average molecular weight is 361 g/mol. The summed E-state index contributed by atoms with van der Waals surface area (Å²) in [6.45, 7) is 6.70. The number of nitrogens with zero attached hydrogens (tertiary/aromatic N) is 2. The topological polar surface area (TPSA) is 46.9 Å². The minimum Gasteiger partial charge on any atom is -0.481 e. The number of aryl methyl sites for hydroxylation is 1. The summed E-state index contributed by atoms with van der Waals surface area (Å²) in [6.07, 6.45) is 1.40. The van der Waals surface area contributed by atoms with Crippen LogP contribution in [0.1, 0.15) is 12.5 Å². The van der Waals surface area contributed by atoms with Crippen LogP contribution < -0.4 is 14.6 Å². The van der Waals surface area contributed by atoms with Crippen LogP contribution in [0.25, 0.3) is 0 Å². The first-order valence-corrected chi connectivity index (χ1v) is 8.85. The number of aromatic amines is 1. The van der Waals surface area contributed by atoms with Gasteiger partial charge in [0, 0.05) is 11.1 Å². The van der Waals surface area contributed by atoms with Crippen molar-refractivity contribution in [1.29, 1.82) is 0 Å². The summed E-state index contributed by atoms with van der Waals surface area (Å²) >= 11 is 6.03. The number of benzene rings is 1. The van der Waals surface area contributed by atoms with Crippen molar-refractivity contribution in [3.63, 3.8) is 0 Å². The molecule has 0 radical (unpaired) electrons. The zero-order chi connectivity index (χ0) is 17.8. The van der Waals surface area contributed by atoms with Gasteiger partial charge in [0.2, 0.25) is 0 Å². The summed E-state index contributed by atoms with van der Waals surface area (Å²) in [6, 6.07) is 11.5. The average Bonchev–Trinajstić information content (AvgIpc) is 2.65. The lowest BCUT2D eigenvalue weighted by atomic mass is 10.2. The van der Waals surface area contributed by atoms with Gasteiger partial charge in [-0.25, -0.2) is 4.98 Å². The van der Waals surface area contributed by atoms with Gasteiger partial charge in [-0.05, 0) is 43.7 Å². The number of pyridine rings is 1. The number of carbonyl (C=O) groups excluding carboxylic acids is 1. The molecule has 1 amide bonds. The first-order chi connectivity index (χ1) is 12.0. The van der Waals surface area contributed by atoms with Gasteiger partial charge in [0.1, 0.15) is 18.8 Å². The van der Waals surface area contributed by atoms with Crippen molar-refractivity contribution in [1.82, 2.24) is 4.90 Å². The number of carbonyl (C=O) groups is 1. The highest BCUT2D eigenvalue weighted by Crippen LogP contribution is 2.22. The van der Waals surface area contributed by atoms with Crippen LogP contribution in [0.15, 0.2) is 42.6 Å². The van der Waals surface area contributed by atoms with E-state index in [-0.39, 0.29) is 5.91 Å². The van der Waals surface area contributed by atoms with Crippen LogP contribution in [0.5, 0.6) is 5.75 Å². The minimum absolute atomic E-state index is 0.0179. The largest absolute Gasteiger partial charge is 0.481 e. The molecule has 1 aliphatic rings. The molecule has 1 saturated heterocycles. The summed E-state index contributed by atoms with van der Waals surface area (Å²) in [7, 11) is 0. The van der Waals surface area contributed by atoms with Gasteiger partial charge in [0.15, 0.2) is 6.10 Å². The summed E-state index contributed by atoms with van der Waals surface area (Å²) in [5, 5.41) is 0.695. The third kappa shape index (κ3) is 4.23. The summed E-state index contributed by atoms with van der Waals surface area (Å²) in [4.78, 5) is 20.0. The van der Waals surface area contributed by atoms with Gasteiger partial charge in [0.05, 0.1) is 19.3 Å². The molecule has 6 heteroatoms. The van der Waals surface area contributed by atoms with Crippen molar-refractivity contribution >= 4 is 23.3 Å². The Hall–Kier alpha value is -2.27. The van der Waals surface area contributed by atoms with Gasteiger partial charge in [-0.2, -0.15) is 0 Å². The van der Waals surface area contributed by atoms with Crippen LogP contribution in [0.3, 0.4) is 0 Å². The Kier molecular flexibility index (Phi) is 5.43. The number of amides is 1. The molecule has 1 N–H and O–H groups in total. The summed E-state index contributed by atoms with van der Waals surface area (Å²) in [5.41, 5.74) is 0.937. The standard InChI is InChI=1S/C19H22ClN3O2/c1-14-13-16(6-7-17(14)20)25-15(2)19(24)23-11-9-22(10-12-23)18-5-3-4-8-21-18/h3-8,13,15H,9-12H2,1-2H3/p+1/t15-/m0/s1. The van der Waals surface area contributed by atoms with E-state index >= 15 is 0 Å². The van der Waals surface area contributed by atoms with Crippen molar-refractivity contribution in [2.75, 3.05) is 31.1 Å². The second kappa shape index (κ2) is 7.74. The lowest BCUT2D eigenvalue weighted by Gasteiger charge is -2.32. The monoisotopic (exact) mass is 360 g/mol. The number of nitrogens with one attached hydrogen (secondary N) is 1. The molecule has 1 fully saturated rings. The Morgan fingerprint density at radius 2 is 1.96 bits per heavy atom. The molecule has 2 heterocycles. The third-order valence-electron chi connectivity index (χ3n) is 4.41. The van der Waals surface area contributed by atoms with Crippen LogP contribution in [-0.2, 0) is 4.79 Å². The second-order valence-electron chi connectivity index (χ2n) is 6.23. The maximum atomic E-state index is 12.6. The molecule has 1 aliphatic heterocycles. The predicted molar refractivity (Wildman–Crippen MR) is 98.1 cm³/mol. The predicted octanol–water partition coefficient (Wildman–Crippen LogP) is 2.58. The van der Waals surface area contributed by atoms with E-state index in [1.165, 1.54) is 0 Å². The molecular weight excluding hydrogens is 338 g/mol. The Morgan fingerprint density at radius 1 is 1.20 bits per heavy atom. The Balaban J connectivity index is 1.55. The Morgan fingerprint density at radius 3 is 2.60 bits per heavy atom. The highest BCUT2D eigenvalue weighted by Gasteiger charge is 2.29. The molecule has 0 aliphatic carbocycles. The van der Waals surface area contributed by atoms with E-state index in [1.54, 1.807) is 19.1 Å². The van der Waals surface area contributed by atoms with Gasteiger partial charge in [0.25, 0.3) is 11.7 Å². The number of aromatic nitrogens is 1. The van der Waals surface area contributed by atoms with Gasteiger partial charge in [-0.1, -0.05) is 17.7 Å². The van der Waals surface area contributed by atoms with Crippen LogP contribution >= 0.6 is 11.6 Å². The van der Waals surface area contributed by atoms with Crippen LogP contribution in [-0.4, -0.2) is 43.1 Å². The number of piperazine rings is 1. The first kappa shape index (κ1) is 17.5. The van der Waals surface area contributed by atoms with Gasteiger partial charge in [-0.3, -0.25) is 9.69 Å². The maximum Gasteiger partial charge on any atom is 0.274 e. The first-order valence-electron chi connectivity index (χ1n) is 8.48. The fourth-order valence-electron chi connectivity index (χ4n) is 2.95. The lowest BCUT2D eigenvalue weighted by molar-refractivity contribution is -0.364. The van der Waals surface area contributed by atoms with Crippen molar-refractivity contribution in [2.45, 2.75) is 20.0 Å². The highest BCUT2D eigenvalue weighted by molar-refractivity contribution is 6.31. The minimum atomic E-state index is -0.518. The quantitative estimate of drug-likeness (QED) is 0.842. The van der Waals surface area contributed by atoms with E-state index in [4.69, 9.17) is 16.3 Å². The lowest BCUT2D eigenvalue weighted by Crippen LogP contribution is -2.52. The number of halogens is 1. The molecule has 25 heavy (non-hydrogen) atoms. The van der Waals surface area contributed by atoms with Crippen LogP contribution in [0.2, 0.25) is 5.02 Å². The van der Waals surface area contributed by atoms with E-state index in [9.17, 15) is 4.79 Å². The third-order valence-corrected chi connectivity index (χ3v) is 4.84. The SMILES string of the molecule is Cc1cc(O[C@@H](C)C(=O)N2CCN(c3cccc[nH+]3)CC2)ccc1Cl. The zero-order valence-electron chi connectivity index (χ0n) is 14.5. The summed E-state index contributed by atoms with van der Waals surface area (Å²) < 4.78 is 5.81. The normalized spacial score (nSPS) is 15.8. The zero-order valence-corrected chi connectivity index (χ0v) is 15.3. The Labute approximate surface area is 153 Å². The van der Waals surface area contributed by atoms with Crippen molar-refractivity contribution in [3.8, 4) is 5.75 Å². The molecular formula is C19H23ClN3O2+. The van der Waals surface area contributed by atoms with E-state index in [2.05, 4.69) is 9.88 Å². The molecule has 5 nitrogen and oxygen atoms in total. The molecule has 0 saturated carbocycles. The van der Waals surface area contributed by atoms with Crippen molar-refractivity contribution < 1.29 is 14.5 Å². The van der Waals surface area contributed by atoms with E-state index in [0.29, 0.717) is 23.9 Å². The fraction of sp³-hybridized carbons (Fsp3) is 0.368. The Bertz CT molecular complexity index is 731. The molecule has 1 aromatic carbocycles. The molecule has 1 aromatic heterocycles. The number of anilines is 1. The van der Waals surface area contributed by atoms with E-state index in [0.717, 1.165) is 24.5 Å².